The van der Waals surface area contributed by atoms with Gasteiger partial charge in [-0.05, 0) is 26.2 Å². The molecule has 4 rings (SSSR count). The number of aromatic nitrogens is 4. The zero-order valence-electron chi connectivity index (χ0n) is 17.2. The highest BCUT2D eigenvalue weighted by Crippen LogP contribution is 2.40. The molecule has 0 aromatic carbocycles. The number of nitrogens with zero attached hydrogens (tertiary/aromatic N) is 5. The highest BCUT2D eigenvalue weighted by molar-refractivity contribution is 5.86. The zero-order chi connectivity index (χ0) is 20.8. The molecule has 2 aliphatic heterocycles. The van der Waals surface area contributed by atoms with Crippen molar-refractivity contribution in [1.82, 2.24) is 25.1 Å². The van der Waals surface area contributed by atoms with Crippen LogP contribution in [0, 0.1) is 0 Å². The summed E-state index contributed by atoms with van der Waals surface area (Å²) in [6, 6.07) is 0. The number of nitrogens with one attached hydrogen (secondary N) is 1. The van der Waals surface area contributed by atoms with E-state index in [1.165, 1.54) is 0 Å². The summed E-state index contributed by atoms with van der Waals surface area (Å²) in [4.78, 5) is 23.1. The van der Waals surface area contributed by atoms with Crippen LogP contribution < -0.4 is 16.0 Å². The third-order valence-corrected chi connectivity index (χ3v) is 6.36. The van der Waals surface area contributed by atoms with Crippen LogP contribution >= 0.6 is 0 Å². The fraction of sp³-hybridized carbons (Fsp3) is 0.684. The second-order valence-electron chi connectivity index (χ2n) is 8.29. The Kier molecular flexibility index (Phi) is 4.86. The summed E-state index contributed by atoms with van der Waals surface area (Å²) < 4.78 is 7.79. The highest BCUT2D eigenvalue weighted by atomic mass is 16.5. The van der Waals surface area contributed by atoms with Crippen LogP contribution in [-0.2, 0) is 16.6 Å². The fourth-order valence-corrected chi connectivity index (χ4v) is 4.48. The van der Waals surface area contributed by atoms with Crippen LogP contribution in [0.1, 0.15) is 39.5 Å². The summed E-state index contributed by atoms with van der Waals surface area (Å²) in [5.74, 6) is 0.900. The molecule has 0 saturated carbocycles. The number of piperidine rings is 1. The van der Waals surface area contributed by atoms with Crippen molar-refractivity contribution >= 4 is 28.7 Å². The van der Waals surface area contributed by atoms with Gasteiger partial charge in [0, 0.05) is 33.2 Å². The van der Waals surface area contributed by atoms with Gasteiger partial charge in [0.25, 0.3) is 0 Å². The van der Waals surface area contributed by atoms with Gasteiger partial charge in [0.05, 0.1) is 22.7 Å². The van der Waals surface area contributed by atoms with Crippen molar-refractivity contribution in [3.05, 3.63) is 6.20 Å². The molecule has 2 atom stereocenters. The molecule has 158 valence electrons. The monoisotopic (exact) mass is 403 g/mol. The lowest BCUT2D eigenvalue weighted by Crippen LogP contribution is -2.69. The van der Waals surface area contributed by atoms with Gasteiger partial charge in [-0.15, -0.1) is 0 Å². The topological polar surface area (TPSA) is 131 Å². The van der Waals surface area contributed by atoms with Crippen molar-refractivity contribution in [1.29, 1.82) is 0 Å². The van der Waals surface area contributed by atoms with Crippen LogP contribution in [0.5, 0.6) is 0 Å². The van der Waals surface area contributed by atoms with Crippen LogP contribution in [0.2, 0.25) is 0 Å². The van der Waals surface area contributed by atoms with Gasteiger partial charge in [-0.25, -0.2) is 0 Å². The molecule has 2 aliphatic rings. The van der Waals surface area contributed by atoms with Gasteiger partial charge < -0.3 is 25.8 Å². The molecular formula is C19H29N7O3. The maximum absolute atomic E-state index is 12.0. The summed E-state index contributed by atoms with van der Waals surface area (Å²) >= 11 is 0. The normalized spacial score (nSPS) is 26.8. The van der Waals surface area contributed by atoms with E-state index in [0.29, 0.717) is 62.8 Å². The van der Waals surface area contributed by atoms with Crippen LogP contribution in [0.25, 0.3) is 11.0 Å². The Hall–Kier alpha value is -2.46. The van der Waals surface area contributed by atoms with Crippen molar-refractivity contribution in [2.45, 2.75) is 56.8 Å². The molecule has 0 aliphatic carbocycles. The van der Waals surface area contributed by atoms with Gasteiger partial charge in [0.2, 0.25) is 11.9 Å². The van der Waals surface area contributed by atoms with Crippen LogP contribution in [-0.4, -0.2) is 67.7 Å². The van der Waals surface area contributed by atoms with Gasteiger partial charge in [-0.1, -0.05) is 6.92 Å². The smallest absolute Gasteiger partial charge is 0.229 e. The van der Waals surface area contributed by atoms with Gasteiger partial charge >= 0.3 is 0 Å². The number of ether oxygens (including phenoxy) is 1. The maximum atomic E-state index is 12.0. The minimum absolute atomic E-state index is 0.0607. The Labute approximate surface area is 169 Å². The number of aliphatic hydroxyl groups is 1. The van der Waals surface area contributed by atoms with Crippen molar-refractivity contribution in [2.24, 2.45) is 7.05 Å². The fourth-order valence-electron chi connectivity index (χ4n) is 4.48. The Morgan fingerprint density at radius 1 is 1.38 bits per heavy atom. The second-order valence-corrected chi connectivity index (χ2v) is 8.29. The summed E-state index contributed by atoms with van der Waals surface area (Å²) in [6.07, 6.45) is 3.07. The van der Waals surface area contributed by atoms with Gasteiger partial charge in [-0.2, -0.15) is 15.1 Å². The lowest BCUT2D eigenvalue weighted by molar-refractivity contribution is -0.198. The average Bonchev–Trinajstić information content (AvgIpc) is 3.08. The van der Waals surface area contributed by atoms with Crippen molar-refractivity contribution in [2.75, 3.05) is 30.3 Å². The first-order valence-corrected chi connectivity index (χ1v) is 10.1. The Balaban J connectivity index is 1.53. The van der Waals surface area contributed by atoms with E-state index in [-0.39, 0.29) is 5.91 Å². The number of carbonyl (C=O) groups excluding carboxylic acids is 1. The SMILES string of the molecule is CCC(=O)N[C@]1(C)CCOC2(CCN(c3nc(N)c4cnn(C)c4n3)CC2)[C@H]1O. The van der Waals surface area contributed by atoms with E-state index < -0.39 is 17.2 Å². The van der Waals surface area contributed by atoms with Gasteiger partial charge in [0.15, 0.2) is 5.65 Å². The largest absolute Gasteiger partial charge is 0.388 e. The highest BCUT2D eigenvalue weighted by Gasteiger charge is 2.53. The van der Waals surface area contributed by atoms with Crippen molar-refractivity contribution < 1.29 is 14.6 Å². The van der Waals surface area contributed by atoms with E-state index in [1.807, 2.05) is 20.9 Å². The molecule has 10 heteroatoms. The van der Waals surface area contributed by atoms with Crippen LogP contribution in [0.15, 0.2) is 6.20 Å². The molecule has 10 nitrogen and oxygen atoms in total. The predicted molar refractivity (Wildman–Crippen MR) is 108 cm³/mol. The number of carbonyl (C=O) groups is 1. The molecule has 1 amide bonds. The summed E-state index contributed by atoms with van der Waals surface area (Å²) in [7, 11) is 1.82. The molecule has 2 aromatic heterocycles. The van der Waals surface area contributed by atoms with Crippen molar-refractivity contribution in [3.63, 3.8) is 0 Å². The third-order valence-electron chi connectivity index (χ3n) is 6.36. The molecule has 29 heavy (non-hydrogen) atoms. The van der Waals surface area contributed by atoms with Crippen LogP contribution in [0.3, 0.4) is 0 Å². The molecule has 0 unspecified atom stereocenters. The minimum Gasteiger partial charge on any atom is -0.388 e. The third kappa shape index (κ3) is 3.29. The van der Waals surface area contributed by atoms with Crippen LogP contribution in [0.4, 0.5) is 11.8 Å². The minimum atomic E-state index is -0.785. The number of fused-ring (bicyclic) bond motifs is 1. The zero-order valence-corrected chi connectivity index (χ0v) is 17.2. The first-order valence-electron chi connectivity index (χ1n) is 10.1. The lowest BCUT2D eigenvalue weighted by atomic mass is 9.73. The molecule has 2 aromatic rings. The van der Waals surface area contributed by atoms with E-state index in [2.05, 4.69) is 25.3 Å². The van der Waals surface area contributed by atoms with E-state index in [4.69, 9.17) is 10.5 Å². The van der Waals surface area contributed by atoms with Crippen molar-refractivity contribution in [3.8, 4) is 0 Å². The Morgan fingerprint density at radius 2 is 2.10 bits per heavy atom. The molecule has 1 spiro atoms. The number of nitrogen functional groups attached to an aromatic ring is 1. The number of rotatable bonds is 3. The first-order chi connectivity index (χ1) is 13.8. The van der Waals surface area contributed by atoms with E-state index in [1.54, 1.807) is 10.9 Å². The number of aryl methyl sites for hydroxylation is 1. The lowest BCUT2D eigenvalue weighted by Gasteiger charge is -2.53. The molecule has 2 saturated heterocycles. The molecule has 0 bridgehead atoms. The number of anilines is 2. The number of hydrogen-bond donors (Lipinski definition) is 3. The molecule has 2 fully saturated rings. The first kappa shape index (κ1) is 19.8. The second kappa shape index (κ2) is 7.10. The number of hydrogen-bond acceptors (Lipinski definition) is 8. The Morgan fingerprint density at radius 3 is 2.79 bits per heavy atom. The molecule has 4 N–H and O–H groups in total. The quantitative estimate of drug-likeness (QED) is 0.669. The number of aliphatic hydroxyl groups excluding tert-OH is 1. The standard InChI is InChI=1S/C19H29N7O3/c1-4-13(27)24-18(2)7-10-29-19(16(18)28)5-8-26(9-6-19)17-22-14(20)12-11-21-25(3)15(12)23-17/h11,16,28H,4-10H2,1-3H3,(H,24,27)(H2,20,22,23)/t16-,18+/m0/s1. The van der Waals surface area contributed by atoms with E-state index in [9.17, 15) is 9.90 Å². The average molecular weight is 403 g/mol. The summed E-state index contributed by atoms with van der Waals surface area (Å²) in [5, 5.41) is 19.1. The van der Waals surface area contributed by atoms with E-state index in [0.717, 1.165) is 5.39 Å². The Bertz CT molecular complexity index is 922. The molecule has 0 radical (unpaired) electrons. The molecular weight excluding hydrogens is 374 g/mol. The predicted octanol–water partition coefficient (Wildman–Crippen LogP) is 0.351. The molecule has 4 heterocycles. The van der Waals surface area contributed by atoms with E-state index >= 15 is 0 Å². The number of nitrogens with two attached hydrogens (primary N) is 1. The number of amides is 1. The van der Waals surface area contributed by atoms with Gasteiger partial charge in [0.1, 0.15) is 11.9 Å². The summed E-state index contributed by atoms with van der Waals surface area (Å²) in [5.41, 5.74) is 5.41. The summed E-state index contributed by atoms with van der Waals surface area (Å²) in [6.45, 7) is 5.46. The maximum Gasteiger partial charge on any atom is 0.229 e. The van der Waals surface area contributed by atoms with Gasteiger partial charge in [-0.3, -0.25) is 9.48 Å².